The largest absolute Gasteiger partial charge is 0.493 e. The van der Waals surface area contributed by atoms with Crippen LogP contribution in [-0.2, 0) is 11.4 Å². The van der Waals surface area contributed by atoms with Crippen LogP contribution in [0, 0.1) is 5.82 Å². The number of amides is 1. The van der Waals surface area contributed by atoms with E-state index >= 15 is 0 Å². The van der Waals surface area contributed by atoms with Gasteiger partial charge in [0.2, 0.25) is 6.10 Å². The Bertz CT molecular complexity index is 1120. The molecule has 1 aliphatic rings. The summed E-state index contributed by atoms with van der Waals surface area (Å²) in [5.74, 6) is 1.45. The van der Waals surface area contributed by atoms with Crippen LogP contribution in [0.15, 0.2) is 71.8 Å². The molecule has 1 N–H and O–H groups in total. The van der Waals surface area contributed by atoms with Crippen LogP contribution in [0.5, 0.6) is 23.0 Å². The van der Waals surface area contributed by atoms with Gasteiger partial charge in [-0.15, -0.1) is 0 Å². The molecule has 7 nitrogen and oxygen atoms in total. The average Bonchev–Trinajstić information content (AvgIpc) is 2.83. The normalized spacial score (nSPS) is 14.8. The minimum absolute atomic E-state index is 0.103. The SMILES string of the molecule is COc1cc(C=NNC(=O)C2COc3ccccc3O2)ccc1OCc1ccc(F)cc1. The van der Waals surface area contributed by atoms with Gasteiger partial charge in [-0.2, -0.15) is 5.10 Å². The van der Waals surface area contributed by atoms with Crippen molar-refractivity contribution >= 4 is 12.1 Å². The standard InChI is InChI=1S/C24H21FN2O5/c1-29-22-12-17(8-11-20(22)30-14-16-6-9-18(25)10-7-16)13-26-27-24(28)23-15-31-19-4-2-3-5-21(19)32-23/h2-13,23H,14-15H2,1H3,(H,27,28). The number of hydrogen-bond donors (Lipinski definition) is 1. The van der Waals surface area contributed by atoms with E-state index in [1.807, 2.05) is 6.07 Å². The molecule has 0 saturated carbocycles. The number of carbonyl (C=O) groups is 1. The van der Waals surface area contributed by atoms with E-state index in [0.29, 0.717) is 28.6 Å². The Morgan fingerprint density at radius 2 is 1.91 bits per heavy atom. The smallest absolute Gasteiger partial charge is 0.284 e. The molecule has 4 rings (SSSR count). The summed E-state index contributed by atoms with van der Waals surface area (Å²) in [5.41, 5.74) is 3.99. The first-order valence-corrected chi connectivity index (χ1v) is 9.89. The summed E-state index contributed by atoms with van der Waals surface area (Å²) in [4.78, 5) is 12.3. The van der Waals surface area contributed by atoms with E-state index < -0.39 is 12.0 Å². The van der Waals surface area contributed by atoms with Crippen molar-refractivity contribution in [3.63, 3.8) is 0 Å². The van der Waals surface area contributed by atoms with Gasteiger partial charge in [-0.05, 0) is 53.6 Å². The molecule has 0 saturated heterocycles. The third-order valence-electron chi connectivity index (χ3n) is 4.68. The zero-order valence-electron chi connectivity index (χ0n) is 17.3. The van der Waals surface area contributed by atoms with E-state index in [1.165, 1.54) is 25.5 Å². The Morgan fingerprint density at radius 3 is 2.69 bits per heavy atom. The number of rotatable bonds is 7. The Hall–Kier alpha value is -4.07. The molecular weight excluding hydrogens is 415 g/mol. The van der Waals surface area contributed by atoms with Gasteiger partial charge in [-0.1, -0.05) is 24.3 Å². The van der Waals surface area contributed by atoms with Gasteiger partial charge in [0, 0.05) is 0 Å². The number of methoxy groups -OCH3 is 1. The van der Waals surface area contributed by atoms with E-state index in [4.69, 9.17) is 18.9 Å². The molecule has 0 bridgehead atoms. The number of hydrogen-bond acceptors (Lipinski definition) is 6. The molecule has 0 radical (unpaired) electrons. The first-order chi connectivity index (χ1) is 15.6. The molecule has 8 heteroatoms. The monoisotopic (exact) mass is 436 g/mol. The lowest BCUT2D eigenvalue weighted by atomic mass is 10.2. The molecule has 0 spiro atoms. The average molecular weight is 436 g/mol. The fourth-order valence-electron chi connectivity index (χ4n) is 3.02. The lowest BCUT2D eigenvalue weighted by Crippen LogP contribution is -2.42. The van der Waals surface area contributed by atoms with Crippen LogP contribution in [0.2, 0.25) is 0 Å². The number of nitrogens with one attached hydrogen (secondary N) is 1. The molecule has 3 aromatic rings. The summed E-state index contributed by atoms with van der Waals surface area (Å²) in [6, 6.07) is 18.5. The van der Waals surface area contributed by atoms with Crippen LogP contribution >= 0.6 is 0 Å². The van der Waals surface area contributed by atoms with Crippen LogP contribution in [-0.4, -0.2) is 31.9 Å². The Morgan fingerprint density at radius 1 is 1.12 bits per heavy atom. The summed E-state index contributed by atoms with van der Waals surface area (Å²) in [7, 11) is 1.53. The van der Waals surface area contributed by atoms with Crippen molar-refractivity contribution in [2.75, 3.05) is 13.7 Å². The number of carbonyl (C=O) groups excluding carboxylic acids is 1. The fourth-order valence-corrected chi connectivity index (χ4v) is 3.02. The predicted molar refractivity (Wildman–Crippen MR) is 116 cm³/mol. The van der Waals surface area contributed by atoms with Crippen LogP contribution in [0.3, 0.4) is 0 Å². The highest BCUT2D eigenvalue weighted by atomic mass is 19.1. The number of fused-ring (bicyclic) bond motifs is 1. The van der Waals surface area contributed by atoms with Gasteiger partial charge in [0.15, 0.2) is 23.0 Å². The first kappa shape index (κ1) is 21.2. The van der Waals surface area contributed by atoms with E-state index in [9.17, 15) is 9.18 Å². The van der Waals surface area contributed by atoms with Gasteiger partial charge in [0.25, 0.3) is 5.91 Å². The lowest BCUT2D eigenvalue weighted by molar-refractivity contribution is -0.130. The van der Waals surface area contributed by atoms with Crippen molar-refractivity contribution in [3.8, 4) is 23.0 Å². The quantitative estimate of drug-likeness (QED) is 0.451. The Labute approximate surface area is 184 Å². The second kappa shape index (κ2) is 9.82. The molecule has 1 heterocycles. The number of benzene rings is 3. The number of nitrogens with zero attached hydrogens (tertiary/aromatic N) is 1. The molecule has 0 fully saturated rings. The highest BCUT2D eigenvalue weighted by Gasteiger charge is 2.27. The van der Waals surface area contributed by atoms with Gasteiger partial charge < -0.3 is 18.9 Å². The molecule has 1 aliphatic heterocycles. The molecule has 1 unspecified atom stereocenters. The fraction of sp³-hybridized carbons (Fsp3) is 0.167. The van der Waals surface area contributed by atoms with E-state index in [-0.39, 0.29) is 19.0 Å². The number of halogens is 1. The summed E-state index contributed by atoms with van der Waals surface area (Å²) in [6.45, 7) is 0.374. The Kier molecular flexibility index (Phi) is 6.50. The lowest BCUT2D eigenvalue weighted by Gasteiger charge is -2.24. The molecule has 0 aliphatic carbocycles. The number of ether oxygens (including phenoxy) is 4. The van der Waals surface area contributed by atoms with Crippen LogP contribution in [0.1, 0.15) is 11.1 Å². The van der Waals surface area contributed by atoms with E-state index in [1.54, 1.807) is 48.5 Å². The minimum Gasteiger partial charge on any atom is -0.493 e. The topological polar surface area (TPSA) is 78.4 Å². The maximum absolute atomic E-state index is 13.0. The number of hydrazone groups is 1. The second-order valence-electron chi connectivity index (χ2n) is 6.92. The first-order valence-electron chi connectivity index (χ1n) is 9.89. The highest BCUT2D eigenvalue weighted by Crippen LogP contribution is 2.31. The van der Waals surface area contributed by atoms with Crippen molar-refractivity contribution in [1.82, 2.24) is 5.43 Å². The van der Waals surface area contributed by atoms with Crippen molar-refractivity contribution in [3.05, 3.63) is 83.7 Å². The van der Waals surface area contributed by atoms with E-state index in [0.717, 1.165) is 5.56 Å². The zero-order chi connectivity index (χ0) is 22.3. The van der Waals surface area contributed by atoms with Crippen molar-refractivity contribution < 1.29 is 28.1 Å². The number of para-hydroxylation sites is 2. The van der Waals surface area contributed by atoms with Gasteiger partial charge in [-0.25, -0.2) is 9.82 Å². The van der Waals surface area contributed by atoms with E-state index in [2.05, 4.69) is 10.5 Å². The molecule has 0 aromatic heterocycles. The van der Waals surface area contributed by atoms with Crippen molar-refractivity contribution in [2.24, 2.45) is 5.10 Å². The maximum Gasteiger partial charge on any atom is 0.284 e. The van der Waals surface area contributed by atoms with Gasteiger partial charge >= 0.3 is 0 Å². The summed E-state index contributed by atoms with van der Waals surface area (Å²) in [5, 5.41) is 3.99. The van der Waals surface area contributed by atoms with Gasteiger partial charge in [0.05, 0.1) is 13.3 Å². The molecule has 32 heavy (non-hydrogen) atoms. The minimum atomic E-state index is -0.793. The molecule has 164 valence electrons. The van der Waals surface area contributed by atoms with Crippen molar-refractivity contribution in [2.45, 2.75) is 12.7 Å². The molecular formula is C24H21FN2O5. The van der Waals surface area contributed by atoms with Gasteiger partial charge in [-0.3, -0.25) is 4.79 Å². The third kappa shape index (κ3) is 5.15. The predicted octanol–water partition coefficient (Wildman–Crippen LogP) is 3.70. The summed E-state index contributed by atoms with van der Waals surface area (Å²) < 4.78 is 35.4. The van der Waals surface area contributed by atoms with Crippen LogP contribution in [0.4, 0.5) is 4.39 Å². The summed E-state index contributed by atoms with van der Waals surface area (Å²) >= 11 is 0. The van der Waals surface area contributed by atoms with Crippen LogP contribution in [0.25, 0.3) is 0 Å². The third-order valence-corrected chi connectivity index (χ3v) is 4.68. The van der Waals surface area contributed by atoms with Crippen molar-refractivity contribution in [1.29, 1.82) is 0 Å². The maximum atomic E-state index is 13.0. The second-order valence-corrected chi connectivity index (χ2v) is 6.92. The Balaban J connectivity index is 1.33. The molecule has 1 atom stereocenters. The molecule has 1 amide bonds. The summed E-state index contributed by atoms with van der Waals surface area (Å²) in [6.07, 6.45) is 0.695. The van der Waals surface area contributed by atoms with Crippen LogP contribution < -0.4 is 24.4 Å². The molecule has 3 aromatic carbocycles. The zero-order valence-corrected chi connectivity index (χ0v) is 17.3. The highest BCUT2D eigenvalue weighted by molar-refractivity contribution is 5.85. The van der Waals surface area contributed by atoms with Gasteiger partial charge in [0.1, 0.15) is 19.0 Å².